The molecule has 3 heterocycles. The van der Waals surface area contributed by atoms with E-state index in [1.54, 1.807) is 0 Å². The second-order valence-electron chi connectivity index (χ2n) is 10.4. The molecule has 2 aromatic rings. The van der Waals surface area contributed by atoms with Crippen LogP contribution in [0.25, 0.3) is 0 Å². The average molecular weight is 541 g/mol. The molecule has 0 radical (unpaired) electrons. The maximum absolute atomic E-state index is 12.9. The number of carbonyl (C=O) groups is 2. The number of nitrogens with two attached hydrogens (primary N) is 1. The van der Waals surface area contributed by atoms with Crippen molar-refractivity contribution in [1.29, 1.82) is 0 Å². The Morgan fingerprint density at radius 3 is 2.50 bits per heavy atom. The quantitative estimate of drug-likeness (QED) is 0.568. The van der Waals surface area contributed by atoms with E-state index in [0.29, 0.717) is 56.4 Å². The SMILES string of the molecule is NC(=O)C1=CC(C2CCCN(C(=O)C#CCN3CCOCC3)C2)CCN=C1c1ccc(Oc2ccccc2)cc1. The number of rotatable bonds is 6. The number of nitrogens with zero attached hydrogens (tertiary/aromatic N) is 3. The zero-order chi connectivity index (χ0) is 27.7. The van der Waals surface area contributed by atoms with Crippen molar-refractivity contribution in [1.82, 2.24) is 9.80 Å². The van der Waals surface area contributed by atoms with Gasteiger partial charge in [-0.15, -0.1) is 0 Å². The third kappa shape index (κ3) is 7.17. The lowest BCUT2D eigenvalue weighted by atomic mass is 9.82. The normalized spacial score (nSPS) is 21.8. The summed E-state index contributed by atoms with van der Waals surface area (Å²) in [6.45, 7) is 5.62. The number of hydrogen-bond acceptors (Lipinski definition) is 6. The molecular weight excluding hydrogens is 504 g/mol. The van der Waals surface area contributed by atoms with Crippen LogP contribution >= 0.6 is 0 Å². The highest BCUT2D eigenvalue weighted by Gasteiger charge is 2.30. The lowest BCUT2D eigenvalue weighted by Gasteiger charge is -2.35. The highest BCUT2D eigenvalue weighted by Crippen LogP contribution is 2.31. The monoisotopic (exact) mass is 540 g/mol. The summed E-state index contributed by atoms with van der Waals surface area (Å²) in [6, 6.07) is 17.1. The van der Waals surface area contributed by atoms with E-state index < -0.39 is 5.91 Å². The van der Waals surface area contributed by atoms with Gasteiger partial charge in [-0.2, -0.15) is 0 Å². The Kier molecular flexibility index (Phi) is 9.27. The van der Waals surface area contributed by atoms with Gasteiger partial charge < -0.3 is 20.1 Å². The van der Waals surface area contributed by atoms with Crippen molar-refractivity contribution >= 4 is 17.5 Å². The number of morpholine rings is 1. The Hall–Kier alpha value is -3.93. The fraction of sp³-hybridized carbons (Fsp3) is 0.406. The minimum Gasteiger partial charge on any atom is -0.457 e. The van der Waals surface area contributed by atoms with Crippen molar-refractivity contribution in [2.45, 2.75) is 19.3 Å². The molecule has 3 aliphatic heterocycles. The number of piperidine rings is 1. The van der Waals surface area contributed by atoms with E-state index in [9.17, 15) is 9.59 Å². The van der Waals surface area contributed by atoms with E-state index in [4.69, 9.17) is 20.2 Å². The van der Waals surface area contributed by atoms with Crippen molar-refractivity contribution in [3.8, 4) is 23.3 Å². The van der Waals surface area contributed by atoms with Crippen LogP contribution in [0.4, 0.5) is 0 Å². The highest BCUT2D eigenvalue weighted by molar-refractivity contribution is 6.27. The lowest BCUT2D eigenvalue weighted by Crippen LogP contribution is -2.41. The first-order chi connectivity index (χ1) is 19.6. The molecule has 2 aromatic carbocycles. The molecule has 2 atom stereocenters. The van der Waals surface area contributed by atoms with Crippen LogP contribution in [0.1, 0.15) is 24.8 Å². The smallest absolute Gasteiger partial charge is 0.298 e. The lowest BCUT2D eigenvalue weighted by molar-refractivity contribution is -0.127. The largest absolute Gasteiger partial charge is 0.457 e. The van der Waals surface area contributed by atoms with Crippen molar-refractivity contribution in [3.63, 3.8) is 0 Å². The number of ether oxygens (including phenoxy) is 2. The Balaban J connectivity index is 1.25. The topological polar surface area (TPSA) is 97.5 Å². The van der Waals surface area contributed by atoms with Gasteiger partial charge in [0.15, 0.2) is 0 Å². The summed E-state index contributed by atoms with van der Waals surface area (Å²) < 4.78 is 11.3. The molecule has 2 N–H and O–H groups in total. The van der Waals surface area contributed by atoms with Gasteiger partial charge in [0.25, 0.3) is 11.8 Å². The number of para-hydroxylation sites is 1. The summed E-state index contributed by atoms with van der Waals surface area (Å²) in [5.41, 5.74) is 7.74. The molecule has 2 fully saturated rings. The van der Waals surface area contributed by atoms with Crippen LogP contribution in [0.2, 0.25) is 0 Å². The summed E-state index contributed by atoms with van der Waals surface area (Å²) in [4.78, 5) is 34.3. The fourth-order valence-electron chi connectivity index (χ4n) is 5.52. The van der Waals surface area contributed by atoms with Crippen molar-refractivity contribution in [3.05, 3.63) is 71.8 Å². The van der Waals surface area contributed by atoms with Crippen LogP contribution < -0.4 is 10.5 Å². The van der Waals surface area contributed by atoms with Crippen LogP contribution in [-0.4, -0.2) is 79.8 Å². The Morgan fingerprint density at radius 2 is 1.75 bits per heavy atom. The first-order valence-corrected chi connectivity index (χ1v) is 14.0. The summed E-state index contributed by atoms with van der Waals surface area (Å²) in [7, 11) is 0. The second kappa shape index (κ2) is 13.4. The first-order valence-electron chi connectivity index (χ1n) is 14.0. The van der Waals surface area contributed by atoms with E-state index >= 15 is 0 Å². The molecule has 3 aliphatic rings. The molecule has 0 aliphatic carbocycles. The summed E-state index contributed by atoms with van der Waals surface area (Å²) >= 11 is 0. The van der Waals surface area contributed by atoms with Crippen LogP contribution in [0.3, 0.4) is 0 Å². The van der Waals surface area contributed by atoms with Gasteiger partial charge in [0, 0.05) is 38.3 Å². The van der Waals surface area contributed by atoms with E-state index in [2.05, 4.69) is 16.7 Å². The molecule has 208 valence electrons. The van der Waals surface area contributed by atoms with Gasteiger partial charge in [0.2, 0.25) is 0 Å². The number of amides is 2. The Labute approximate surface area is 235 Å². The standard InChI is InChI=1S/C32H36N4O4/c33-32(38)29-22-25(26-6-4-17-36(23-26)30(37)9-5-16-35-18-20-39-21-19-35)14-15-34-31(29)24-10-12-28(13-11-24)40-27-7-2-1-3-8-27/h1-3,7-8,10-13,22,25-26H,4,6,14-21,23H2,(H2,33,38). The number of hydrogen-bond donors (Lipinski definition) is 1. The number of aliphatic imine (C=N–C) groups is 1. The minimum absolute atomic E-state index is 0.0985. The molecule has 0 spiro atoms. The van der Waals surface area contributed by atoms with E-state index in [1.807, 2.05) is 65.6 Å². The molecule has 2 unspecified atom stereocenters. The third-order valence-electron chi connectivity index (χ3n) is 7.69. The number of benzene rings is 2. The molecule has 0 saturated carbocycles. The molecule has 0 bridgehead atoms. The summed E-state index contributed by atoms with van der Waals surface area (Å²) in [6.07, 6.45) is 4.68. The predicted molar refractivity (Wildman–Crippen MR) is 154 cm³/mol. The van der Waals surface area contributed by atoms with Crippen LogP contribution in [0.5, 0.6) is 11.5 Å². The zero-order valence-corrected chi connectivity index (χ0v) is 22.8. The Morgan fingerprint density at radius 1 is 1.00 bits per heavy atom. The molecule has 2 amide bonds. The van der Waals surface area contributed by atoms with Crippen molar-refractivity contribution in [2.75, 3.05) is 52.5 Å². The van der Waals surface area contributed by atoms with Crippen molar-refractivity contribution in [2.24, 2.45) is 22.6 Å². The number of carbonyl (C=O) groups excluding carboxylic acids is 2. The van der Waals surface area contributed by atoms with E-state index in [1.165, 1.54) is 0 Å². The van der Waals surface area contributed by atoms with Gasteiger partial charge in [-0.3, -0.25) is 19.5 Å². The zero-order valence-electron chi connectivity index (χ0n) is 22.8. The maximum Gasteiger partial charge on any atom is 0.298 e. The van der Waals surface area contributed by atoms with Gasteiger partial charge in [-0.05, 0) is 73.4 Å². The molecule has 40 heavy (non-hydrogen) atoms. The van der Waals surface area contributed by atoms with E-state index in [-0.39, 0.29) is 17.7 Å². The second-order valence-corrected chi connectivity index (χ2v) is 10.4. The van der Waals surface area contributed by atoms with Crippen molar-refractivity contribution < 1.29 is 19.1 Å². The van der Waals surface area contributed by atoms with E-state index in [0.717, 1.165) is 43.7 Å². The van der Waals surface area contributed by atoms with Gasteiger partial charge in [0.05, 0.1) is 31.0 Å². The van der Waals surface area contributed by atoms with Crippen LogP contribution in [0, 0.1) is 23.7 Å². The first kappa shape index (κ1) is 27.6. The summed E-state index contributed by atoms with van der Waals surface area (Å²) in [5.74, 6) is 7.05. The summed E-state index contributed by atoms with van der Waals surface area (Å²) in [5, 5.41) is 0. The average Bonchev–Trinajstić information content (AvgIpc) is 3.22. The minimum atomic E-state index is -0.493. The van der Waals surface area contributed by atoms with Gasteiger partial charge in [-0.1, -0.05) is 30.2 Å². The molecule has 8 nitrogen and oxygen atoms in total. The molecule has 5 rings (SSSR count). The number of likely N-dealkylation sites (tertiary alicyclic amines) is 1. The highest BCUT2D eigenvalue weighted by atomic mass is 16.5. The van der Waals surface area contributed by atoms with Gasteiger partial charge in [0.1, 0.15) is 11.5 Å². The third-order valence-corrected chi connectivity index (χ3v) is 7.69. The number of allylic oxidation sites excluding steroid dienone is 1. The predicted octanol–water partition coefficient (Wildman–Crippen LogP) is 3.27. The van der Waals surface area contributed by atoms with Gasteiger partial charge in [-0.25, -0.2) is 0 Å². The molecule has 2 saturated heterocycles. The fourth-order valence-corrected chi connectivity index (χ4v) is 5.52. The van der Waals surface area contributed by atoms with Crippen LogP contribution in [0.15, 0.2) is 71.2 Å². The number of primary amides is 1. The Bertz CT molecular complexity index is 1300. The molecule has 0 aromatic heterocycles. The molecule has 8 heteroatoms. The van der Waals surface area contributed by atoms with Crippen LogP contribution in [-0.2, 0) is 14.3 Å². The maximum atomic E-state index is 12.9. The molecular formula is C32H36N4O4. The van der Waals surface area contributed by atoms with Gasteiger partial charge >= 0.3 is 0 Å².